The molecule has 1 unspecified atom stereocenters. The molecule has 2 N–H and O–H groups in total. The first-order valence-electron chi connectivity index (χ1n) is 5.74. The number of aliphatic carboxylic acids is 1. The molecule has 19 heavy (non-hydrogen) atoms. The van der Waals surface area contributed by atoms with Crippen molar-refractivity contribution >= 4 is 22.8 Å². The molecule has 0 radical (unpaired) electrons. The fourth-order valence-electron chi connectivity index (χ4n) is 1.80. The molecular formula is C13H13FN2O3. The summed E-state index contributed by atoms with van der Waals surface area (Å²) in [4.78, 5) is 22.3. The minimum atomic E-state index is -1.10. The summed E-state index contributed by atoms with van der Waals surface area (Å²) in [7, 11) is 0. The maximum atomic E-state index is 13.2. The average molecular weight is 264 g/mol. The number of aromatic nitrogens is 1. The number of rotatable bonds is 4. The largest absolute Gasteiger partial charge is 0.480 e. The average Bonchev–Trinajstić information content (AvgIpc) is 2.71. The van der Waals surface area contributed by atoms with Crippen LogP contribution in [0.1, 0.15) is 6.92 Å². The molecule has 0 aliphatic carbocycles. The molecule has 0 saturated carbocycles. The lowest BCUT2D eigenvalue weighted by molar-refractivity contribution is -0.141. The van der Waals surface area contributed by atoms with E-state index in [1.807, 2.05) is 0 Å². The molecule has 5 nitrogen and oxygen atoms in total. The number of carboxylic acid groups (broad SMARTS) is 1. The lowest BCUT2D eigenvalue weighted by Gasteiger charge is -2.10. The van der Waals surface area contributed by atoms with Crippen molar-refractivity contribution in [3.8, 4) is 0 Å². The summed E-state index contributed by atoms with van der Waals surface area (Å²) < 4.78 is 14.7. The van der Waals surface area contributed by atoms with Gasteiger partial charge in [-0.25, -0.2) is 4.39 Å². The number of nitrogens with zero attached hydrogens (tertiary/aromatic N) is 1. The minimum absolute atomic E-state index is 0.0510. The first-order valence-corrected chi connectivity index (χ1v) is 5.74. The highest BCUT2D eigenvalue weighted by atomic mass is 19.1. The van der Waals surface area contributed by atoms with Crippen LogP contribution in [-0.4, -0.2) is 27.6 Å². The third-order valence-electron chi connectivity index (χ3n) is 2.80. The Labute approximate surface area is 108 Å². The van der Waals surface area contributed by atoms with Gasteiger partial charge in [-0.2, -0.15) is 0 Å². The van der Waals surface area contributed by atoms with Gasteiger partial charge in [-0.05, 0) is 36.6 Å². The monoisotopic (exact) mass is 264 g/mol. The van der Waals surface area contributed by atoms with Crippen molar-refractivity contribution in [1.82, 2.24) is 9.88 Å². The van der Waals surface area contributed by atoms with Crippen LogP contribution in [-0.2, 0) is 16.1 Å². The standard InChI is InChI=1S/C13H13FN2O3/c1-8(13(18)19)15-12(17)7-16-5-4-9-2-3-10(14)6-11(9)16/h2-6,8H,7H2,1H3,(H,15,17)(H,18,19). The van der Waals surface area contributed by atoms with Crippen molar-refractivity contribution in [2.45, 2.75) is 19.5 Å². The number of amides is 1. The summed E-state index contributed by atoms with van der Waals surface area (Å²) in [5.74, 6) is -1.92. The van der Waals surface area contributed by atoms with Crippen LogP contribution in [0.25, 0.3) is 10.9 Å². The van der Waals surface area contributed by atoms with Crippen LogP contribution >= 0.6 is 0 Å². The van der Waals surface area contributed by atoms with Gasteiger partial charge in [0.25, 0.3) is 0 Å². The highest BCUT2D eigenvalue weighted by molar-refractivity contribution is 5.85. The quantitative estimate of drug-likeness (QED) is 0.876. The van der Waals surface area contributed by atoms with E-state index < -0.39 is 17.9 Å². The zero-order valence-electron chi connectivity index (χ0n) is 10.3. The summed E-state index contributed by atoms with van der Waals surface area (Å²) in [5.41, 5.74) is 0.595. The number of benzene rings is 1. The van der Waals surface area contributed by atoms with Crippen LogP contribution in [0.5, 0.6) is 0 Å². The van der Waals surface area contributed by atoms with E-state index in [0.29, 0.717) is 5.52 Å². The van der Waals surface area contributed by atoms with Crippen LogP contribution in [0.2, 0.25) is 0 Å². The van der Waals surface area contributed by atoms with Crippen LogP contribution in [0.15, 0.2) is 30.5 Å². The van der Waals surface area contributed by atoms with Crippen molar-refractivity contribution in [2.75, 3.05) is 0 Å². The molecule has 2 rings (SSSR count). The van der Waals surface area contributed by atoms with E-state index in [-0.39, 0.29) is 12.4 Å². The van der Waals surface area contributed by atoms with Crippen LogP contribution < -0.4 is 5.32 Å². The molecule has 1 atom stereocenters. The van der Waals surface area contributed by atoms with Crippen molar-refractivity contribution in [3.05, 3.63) is 36.3 Å². The topological polar surface area (TPSA) is 71.3 Å². The summed E-state index contributed by atoms with van der Waals surface area (Å²) in [6.07, 6.45) is 1.66. The van der Waals surface area contributed by atoms with Gasteiger partial charge in [0.1, 0.15) is 18.4 Å². The summed E-state index contributed by atoms with van der Waals surface area (Å²) in [5, 5.41) is 11.9. The predicted octanol–water partition coefficient (Wildman–Crippen LogP) is 1.37. The Morgan fingerprint density at radius 3 is 2.84 bits per heavy atom. The Hall–Kier alpha value is -2.37. The highest BCUT2D eigenvalue weighted by Gasteiger charge is 2.14. The second-order valence-corrected chi connectivity index (χ2v) is 4.27. The lowest BCUT2D eigenvalue weighted by atomic mass is 10.2. The van der Waals surface area contributed by atoms with Crippen LogP contribution in [0.3, 0.4) is 0 Å². The van der Waals surface area contributed by atoms with E-state index in [2.05, 4.69) is 5.32 Å². The van der Waals surface area contributed by atoms with Gasteiger partial charge in [0.2, 0.25) is 5.91 Å². The van der Waals surface area contributed by atoms with E-state index >= 15 is 0 Å². The first-order chi connectivity index (χ1) is 8.97. The van der Waals surface area contributed by atoms with Crippen molar-refractivity contribution in [2.24, 2.45) is 0 Å². The van der Waals surface area contributed by atoms with Gasteiger partial charge in [0, 0.05) is 6.20 Å². The van der Waals surface area contributed by atoms with Gasteiger partial charge in [-0.15, -0.1) is 0 Å². The zero-order valence-corrected chi connectivity index (χ0v) is 10.3. The highest BCUT2D eigenvalue weighted by Crippen LogP contribution is 2.16. The molecule has 2 aromatic rings. The number of fused-ring (bicyclic) bond motifs is 1. The molecule has 6 heteroatoms. The fraction of sp³-hybridized carbons (Fsp3) is 0.231. The van der Waals surface area contributed by atoms with Crippen LogP contribution in [0.4, 0.5) is 4.39 Å². The number of hydrogen-bond donors (Lipinski definition) is 2. The summed E-state index contributed by atoms with van der Waals surface area (Å²) in [6.45, 7) is 1.33. The third-order valence-corrected chi connectivity index (χ3v) is 2.80. The molecule has 0 aliphatic heterocycles. The number of hydrogen-bond acceptors (Lipinski definition) is 2. The predicted molar refractivity (Wildman–Crippen MR) is 67.1 cm³/mol. The Morgan fingerprint density at radius 2 is 2.16 bits per heavy atom. The lowest BCUT2D eigenvalue weighted by Crippen LogP contribution is -2.39. The molecule has 0 saturated heterocycles. The van der Waals surface area contributed by atoms with Gasteiger partial charge < -0.3 is 15.0 Å². The van der Waals surface area contributed by atoms with Crippen LogP contribution in [0, 0.1) is 5.82 Å². The van der Waals surface area contributed by atoms with E-state index in [1.54, 1.807) is 22.9 Å². The third kappa shape index (κ3) is 2.90. The van der Waals surface area contributed by atoms with Crippen molar-refractivity contribution in [1.29, 1.82) is 0 Å². The molecule has 100 valence electrons. The maximum absolute atomic E-state index is 13.2. The van der Waals surface area contributed by atoms with E-state index in [4.69, 9.17) is 5.11 Å². The number of carbonyl (C=O) groups is 2. The second kappa shape index (κ2) is 5.09. The SMILES string of the molecule is CC(NC(=O)Cn1ccc2ccc(F)cc21)C(=O)O. The second-order valence-electron chi connectivity index (χ2n) is 4.27. The van der Waals surface area contributed by atoms with Gasteiger partial charge in [0.05, 0.1) is 5.52 Å². The Bertz CT molecular complexity index is 636. The zero-order chi connectivity index (χ0) is 14.0. The molecular weight excluding hydrogens is 251 g/mol. The normalized spacial score (nSPS) is 12.3. The van der Waals surface area contributed by atoms with Gasteiger partial charge in [-0.1, -0.05) is 0 Å². The molecule has 0 fully saturated rings. The van der Waals surface area contributed by atoms with Crippen molar-refractivity contribution in [3.63, 3.8) is 0 Å². The number of nitrogens with one attached hydrogen (secondary N) is 1. The molecule has 1 aromatic heterocycles. The Balaban J connectivity index is 2.15. The fourth-order valence-corrected chi connectivity index (χ4v) is 1.80. The molecule has 0 bridgehead atoms. The number of carboxylic acids is 1. The molecule has 1 heterocycles. The maximum Gasteiger partial charge on any atom is 0.325 e. The Kier molecular flexibility index (Phi) is 3.50. The molecule has 0 aliphatic rings. The minimum Gasteiger partial charge on any atom is -0.480 e. The number of halogens is 1. The van der Waals surface area contributed by atoms with Gasteiger partial charge >= 0.3 is 5.97 Å². The number of carbonyl (C=O) groups excluding carboxylic acids is 1. The van der Waals surface area contributed by atoms with E-state index in [1.165, 1.54) is 19.1 Å². The first kappa shape index (κ1) is 13.1. The summed E-state index contributed by atoms with van der Waals surface area (Å²) >= 11 is 0. The van der Waals surface area contributed by atoms with E-state index in [0.717, 1.165) is 5.39 Å². The molecule has 1 amide bonds. The van der Waals surface area contributed by atoms with Gasteiger partial charge in [0.15, 0.2) is 0 Å². The Morgan fingerprint density at radius 1 is 1.42 bits per heavy atom. The van der Waals surface area contributed by atoms with Crippen molar-refractivity contribution < 1.29 is 19.1 Å². The molecule has 0 spiro atoms. The van der Waals surface area contributed by atoms with Gasteiger partial charge in [-0.3, -0.25) is 9.59 Å². The van der Waals surface area contributed by atoms with E-state index in [9.17, 15) is 14.0 Å². The smallest absolute Gasteiger partial charge is 0.325 e. The summed E-state index contributed by atoms with van der Waals surface area (Å²) in [6, 6.07) is 5.12. The molecule has 1 aromatic carbocycles.